The topological polar surface area (TPSA) is 62.2 Å². The van der Waals surface area contributed by atoms with Crippen LogP contribution in [0.3, 0.4) is 0 Å². The maximum Gasteiger partial charge on any atom is 0.339 e. The zero-order chi connectivity index (χ0) is 12.4. The molecule has 1 aliphatic carbocycles. The number of hydrogen-bond donors (Lipinski definition) is 2. The quantitative estimate of drug-likeness (QED) is 0.822. The Labute approximate surface area is 101 Å². The second kappa shape index (κ2) is 4.73. The Morgan fingerprint density at radius 1 is 1.53 bits per heavy atom. The minimum atomic E-state index is -0.913. The molecule has 0 aromatic carbocycles. The van der Waals surface area contributed by atoms with E-state index in [9.17, 15) is 9.90 Å². The van der Waals surface area contributed by atoms with Crippen LogP contribution in [0.1, 0.15) is 40.9 Å². The van der Waals surface area contributed by atoms with Crippen LogP contribution in [0.25, 0.3) is 0 Å². The molecule has 0 spiro atoms. The summed E-state index contributed by atoms with van der Waals surface area (Å²) in [5.74, 6) is 0.432. The Kier molecular flexibility index (Phi) is 3.31. The van der Waals surface area contributed by atoms with Gasteiger partial charge in [-0.1, -0.05) is 12.8 Å². The molecule has 0 amide bonds. The zero-order valence-corrected chi connectivity index (χ0v) is 10.3. The van der Waals surface area contributed by atoms with Crippen LogP contribution in [0.15, 0.2) is 6.07 Å². The van der Waals surface area contributed by atoms with Gasteiger partial charge in [-0.2, -0.15) is 0 Å². The Morgan fingerprint density at radius 3 is 2.82 bits per heavy atom. The summed E-state index contributed by atoms with van der Waals surface area (Å²) in [6, 6.07) is 1.80. The molecule has 1 aromatic rings. The zero-order valence-electron chi connectivity index (χ0n) is 10.3. The number of carbonyl (C=O) groups is 1. The summed E-state index contributed by atoms with van der Waals surface area (Å²) in [4.78, 5) is 15.5. The third-order valence-electron chi connectivity index (χ3n) is 3.10. The Bertz CT molecular complexity index is 439. The van der Waals surface area contributed by atoms with Crippen molar-refractivity contribution >= 4 is 11.8 Å². The normalized spacial score (nSPS) is 14.7. The molecule has 17 heavy (non-hydrogen) atoms. The van der Waals surface area contributed by atoms with E-state index in [-0.39, 0.29) is 0 Å². The van der Waals surface area contributed by atoms with Gasteiger partial charge in [-0.25, -0.2) is 9.78 Å². The van der Waals surface area contributed by atoms with Gasteiger partial charge < -0.3 is 10.4 Å². The van der Waals surface area contributed by atoms with Gasteiger partial charge in [0.25, 0.3) is 0 Å². The van der Waals surface area contributed by atoms with Gasteiger partial charge in [0.1, 0.15) is 11.4 Å². The number of rotatable bonds is 5. The van der Waals surface area contributed by atoms with E-state index in [0.29, 0.717) is 11.4 Å². The monoisotopic (exact) mass is 234 g/mol. The molecule has 1 heterocycles. The van der Waals surface area contributed by atoms with Gasteiger partial charge in [0, 0.05) is 12.2 Å². The second-order valence-corrected chi connectivity index (χ2v) is 4.77. The van der Waals surface area contributed by atoms with Gasteiger partial charge in [0.2, 0.25) is 0 Å². The molecule has 4 heteroatoms. The summed E-state index contributed by atoms with van der Waals surface area (Å²) in [5, 5.41) is 12.3. The number of aromatic carboxylic acids is 1. The van der Waals surface area contributed by atoms with Gasteiger partial charge >= 0.3 is 5.97 Å². The van der Waals surface area contributed by atoms with E-state index < -0.39 is 5.97 Å². The molecule has 1 aliphatic rings. The summed E-state index contributed by atoms with van der Waals surface area (Å²) in [5.41, 5.74) is 1.91. The molecule has 2 rings (SSSR count). The van der Waals surface area contributed by atoms with Crippen LogP contribution in [0.4, 0.5) is 5.82 Å². The first-order valence-corrected chi connectivity index (χ1v) is 6.03. The number of nitrogens with zero attached hydrogens (tertiary/aromatic N) is 1. The molecule has 1 fully saturated rings. The molecule has 0 bridgehead atoms. The van der Waals surface area contributed by atoms with Gasteiger partial charge in [0.05, 0.1) is 0 Å². The second-order valence-electron chi connectivity index (χ2n) is 4.77. The minimum absolute atomic E-state index is 0.298. The number of nitrogens with one attached hydrogen (secondary N) is 1. The van der Waals surface area contributed by atoms with E-state index in [4.69, 9.17) is 0 Å². The van der Waals surface area contributed by atoms with E-state index in [1.54, 1.807) is 6.07 Å². The SMILES string of the molecule is Cc1cc(C)c(C(=O)O)c(NCCC2CC2)n1. The van der Waals surface area contributed by atoms with Gasteiger partial charge in [-0.3, -0.25) is 0 Å². The lowest BCUT2D eigenvalue weighted by atomic mass is 10.1. The van der Waals surface area contributed by atoms with Crippen molar-refractivity contribution in [2.45, 2.75) is 33.1 Å². The minimum Gasteiger partial charge on any atom is -0.478 e. The molecule has 0 atom stereocenters. The molecule has 92 valence electrons. The highest BCUT2D eigenvalue weighted by atomic mass is 16.4. The van der Waals surface area contributed by atoms with E-state index >= 15 is 0 Å². The molecule has 2 N–H and O–H groups in total. The van der Waals surface area contributed by atoms with E-state index in [1.807, 2.05) is 13.8 Å². The van der Waals surface area contributed by atoms with Crippen molar-refractivity contribution in [1.82, 2.24) is 4.98 Å². The van der Waals surface area contributed by atoms with Gasteiger partial charge in [0.15, 0.2) is 0 Å². The molecule has 0 saturated heterocycles. The van der Waals surface area contributed by atoms with Gasteiger partial charge in [-0.15, -0.1) is 0 Å². The fourth-order valence-electron chi connectivity index (χ4n) is 2.04. The third kappa shape index (κ3) is 2.96. The van der Waals surface area contributed by atoms with Crippen molar-refractivity contribution < 1.29 is 9.90 Å². The molecule has 1 saturated carbocycles. The Balaban J connectivity index is 2.14. The maximum atomic E-state index is 11.2. The highest BCUT2D eigenvalue weighted by molar-refractivity contribution is 5.94. The Hall–Kier alpha value is -1.58. The number of aryl methyl sites for hydroxylation is 2. The summed E-state index contributed by atoms with van der Waals surface area (Å²) in [6.07, 6.45) is 3.73. The van der Waals surface area contributed by atoms with Crippen LogP contribution in [0.2, 0.25) is 0 Å². The summed E-state index contributed by atoms with van der Waals surface area (Å²) in [6.45, 7) is 4.50. The summed E-state index contributed by atoms with van der Waals surface area (Å²) >= 11 is 0. The van der Waals surface area contributed by atoms with Crippen LogP contribution < -0.4 is 5.32 Å². The van der Waals surface area contributed by atoms with Crippen molar-refractivity contribution in [3.8, 4) is 0 Å². The van der Waals surface area contributed by atoms with Crippen molar-refractivity contribution in [3.05, 3.63) is 22.9 Å². The van der Waals surface area contributed by atoms with Crippen LogP contribution in [-0.2, 0) is 0 Å². The van der Waals surface area contributed by atoms with Crippen LogP contribution >= 0.6 is 0 Å². The number of carboxylic acid groups (broad SMARTS) is 1. The van der Waals surface area contributed by atoms with Crippen molar-refractivity contribution in [1.29, 1.82) is 0 Å². The fourth-order valence-corrected chi connectivity index (χ4v) is 2.04. The average Bonchev–Trinajstić information content (AvgIpc) is 2.99. The summed E-state index contributed by atoms with van der Waals surface area (Å²) < 4.78 is 0. The number of anilines is 1. The lowest BCUT2D eigenvalue weighted by molar-refractivity contribution is 0.0697. The molecular weight excluding hydrogens is 216 g/mol. The largest absolute Gasteiger partial charge is 0.478 e. The lowest BCUT2D eigenvalue weighted by Crippen LogP contribution is -2.12. The number of pyridine rings is 1. The summed E-state index contributed by atoms with van der Waals surface area (Å²) in [7, 11) is 0. The van der Waals surface area contributed by atoms with E-state index in [2.05, 4.69) is 10.3 Å². The molecule has 0 aliphatic heterocycles. The molecule has 0 radical (unpaired) electrons. The third-order valence-corrected chi connectivity index (χ3v) is 3.10. The highest BCUT2D eigenvalue weighted by Crippen LogP contribution is 2.32. The Morgan fingerprint density at radius 2 is 2.24 bits per heavy atom. The predicted molar refractivity (Wildman–Crippen MR) is 66.5 cm³/mol. The van der Waals surface area contributed by atoms with Crippen molar-refractivity contribution in [2.24, 2.45) is 5.92 Å². The first kappa shape index (κ1) is 11.9. The smallest absolute Gasteiger partial charge is 0.339 e. The molecule has 1 aromatic heterocycles. The first-order chi connectivity index (χ1) is 8.08. The molecule has 4 nitrogen and oxygen atoms in total. The molecule has 0 unspecified atom stereocenters. The van der Waals surface area contributed by atoms with Gasteiger partial charge in [-0.05, 0) is 37.8 Å². The number of hydrogen-bond acceptors (Lipinski definition) is 3. The van der Waals surface area contributed by atoms with Crippen molar-refractivity contribution in [3.63, 3.8) is 0 Å². The van der Waals surface area contributed by atoms with Crippen molar-refractivity contribution in [2.75, 3.05) is 11.9 Å². The van der Waals surface area contributed by atoms with E-state index in [0.717, 1.165) is 30.1 Å². The van der Waals surface area contributed by atoms with Crippen LogP contribution in [-0.4, -0.2) is 22.6 Å². The lowest BCUT2D eigenvalue weighted by Gasteiger charge is -2.11. The average molecular weight is 234 g/mol. The number of aromatic nitrogens is 1. The molecular formula is C13H18N2O2. The van der Waals surface area contributed by atoms with Crippen LogP contribution in [0, 0.1) is 19.8 Å². The highest BCUT2D eigenvalue weighted by Gasteiger charge is 2.21. The maximum absolute atomic E-state index is 11.2. The van der Waals surface area contributed by atoms with Crippen LogP contribution in [0.5, 0.6) is 0 Å². The standard InChI is InChI=1S/C13H18N2O2/c1-8-7-9(2)15-12(11(8)13(16)17)14-6-5-10-3-4-10/h7,10H,3-6H2,1-2H3,(H,14,15)(H,16,17). The number of carboxylic acids is 1. The first-order valence-electron chi connectivity index (χ1n) is 6.03. The fraction of sp³-hybridized carbons (Fsp3) is 0.538. The van der Waals surface area contributed by atoms with E-state index in [1.165, 1.54) is 12.8 Å². The predicted octanol–water partition coefficient (Wildman–Crippen LogP) is 2.61.